The second-order valence-corrected chi connectivity index (χ2v) is 8.99. The zero-order valence-electron chi connectivity index (χ0n) is 17.5. The van der Waals surface area contributed by atoms with E-state index in [4.69, 9.17) is 4.74 Å². The summed E-state index contributed by atoms with van der Waals surface area (Å²) in [6.45, 7) is 6.47. The molecule has 6 heteroatoms. The van der Waals surface area contributed by atoms with Crippen LogP contribution in [0.1, 0.15) is 64.9 Å². The molecule has 1 heterocycles. The lowest BCUT2D eigenvalue weighted by molar-refractivity contribution is -0.157. The van der Waals surface area contributed by atoms with Crippen LogP contribution in [0.25, 0.3) is 0 Å². The molecule has 0 radical (unpaired) electrons. The third-order valence-electron chi connectivity index (χ3n) is 6.47. The first kappa shape index (κ1) is 21.7. The molecule has 3 rings (SSSR count). The molecular weight excluding hydrogens is 376 g/mol. The molecule has 1 aromatic rings. The first-order valence-corrected chi connectivity index (χ1v) is 10.7. The molecular formula is C23H31F2NO3. The van der Waals surface area contributed by atoms with Gasteiger partial charge in [0.2, 0.25) is 5.91 Å². The van der Waals surface area contributed by atoms with Crippen molar-refractivity contribution in [1.29, 1.82) is 0 Å². The Hall–Kier alpha value is -1.98. The van der Waals surface area contributed by atoms with Crippen molar-refractivity contribution in [3.63, 3.8) is 0 Å². The molecule has 0 N–H and O–H groups in total. The maximum absolute atomic E-state index is 14.0. The highest BCUT2D eigenvalue weighted by atomic mass is 19.2. The summed E-state index contributed by atoms with van der Waals surface area (Å²) in [7, 11) is 0. The molecule has 0 spiro atoms. The minimum atomic E-state index is -0.940. The van der Waals surface area contributed by atoms with Crippen LogP contribution in [-0.2, 0) is 20.9 Å². The van der Waals surface area contributed by atoms with E-state index in [1.54, 1.807) is 0 Å². The fourth-order valence-electron chi connectivity index (χ4n) is 4.74. The molecule has 1 aromatic carbocycles. The van der Waals surface area contributed by atoms with Gasteiger partial charge in [-0.1, -0.05) is 39.3 Å². The Morgan fingerprint density at radius 1 is 1.24 bits per heavy atom. The number of carbonyl (C=O) groups excluding carboxylic acids is 2. The molecule has 1 aliphatic carbocycles. The summed E-state index contributed by atoms with van der Waals surface area (Å²) in [6, 6.07) is 3.61. The molecule has 0 unspecified atom stereocenters. The molecule has 1 aliphatic heterocycles. The van der Waals surface area contributed by atoms with Gasteiger partial charge in [-0.25, -0.2) is 8.78 Å². The van der Waals surface area contributed by atoms with E-state index < -0.39 is 11.6 Å². The van der Waals surface area contributed by atoms with Crippen LogP contribution in [0.5, 0.6) is 0 Å². The SMILES string of the molecule is CC(C)[C@H]1CC[C@@H](C)C[C@@H]1OC(=O)C[C@@H]1CCC(=O)N1Cc1cccc(F)c1F. The summed E-state index contributed by atoms with van der Waals surface area (Å²) in [5.41, 5.74) is 0.125. The first-order chi connectivity index (χ1) is 13.8. The van der Waals surface area contributed by atoms with Gasteiger partial charge in [-0.2, -0.15) is 0 Å². The summed E-state index contributed by atoms with van der Waals surface area (Å²) in [5.74, 6) is -0.986. The maximum atomic E-state index is 14.0. The Kier molecular flexibility index (Phi) is 6.91. The van der Waals surface area contributed by atoms with E-state index in [9.17, 15) is 18.4 Å². The van der Waals surface area contributed by atoms with E-state index in [-0.39, 0.29) is 42.6 Å². The van der Waals surface area contributed by atoms with Gasteiger partial charge in [0.25, 0.3) is 0 Å². The van der Waals surface area contributed by atoms with Crippen molar-refractivity contribution in [3.8, 4) is 0 Å². The molecule has 0 aromatic heterocycles. The van der Waals surface area contributed by atoms with Gasteiger partial charge in [-0.15, -0.1) is 0 Å². The van der Waals surface area contributed by atoms with E-state index in [2.05, 4.69) is 20.8 Å². The number of hydrogen-bond donors (Lipinski definition) is 0. The summed E-state index contributed by atoms with van der Waals surface area (Å²) < 4.78 is 33.4. The number of carbonyl (C=O) groups is 2. The van der Waals surface area contributed by atoms with Gasteiger partial charge in [0.15, 0.2) is 11.6 Å². The van der Waals surface area contributed by atoms with Gasteiger partial charge >= 0.3 is 5.97 Å². The number of nitrogens with zero attached hydrogens (tertiary/aromatic N) is 1. The molecule has 2 aliphatic rings. The Morgan fingerprint density at radius 2 is 2.00 bits per heavy atom. The number of esters is 1. The van der Waals surface area contributed by atoms with Crippen molar-refractivity contribution < 1.29 is 23.1 Å². The van der Waals surface area contributed by atoms with Gasteiger partial charge in [0.05, 0.1) is 6.42 Å². The molecule has 29 heavy (non-hydrogen) atoms. The van der Waals surface area contributed by atoms with Crippen molar-refractivity contribution in [2.24, 2.45) is 17.8 Å². The largest absolute Gasteiger partial charge is 0.462 e. The third-order valence-corrected chi connectivity index (χ3v) is 6.47. The van der Waals surface area contributed by atoms with E-state index in [1.165, 1.54) is 17.0 Å². The molecule has 1 saturated carbocycles. The molecule has 1 saturated heterocycles. The lowest BCUT2D eigenvalue weighted by Gasteiger charge is -2.37. The molecule has 0 bridgehead atoms. The zero-order valence-corrected chi connectivity index (χ0v) is 17.5. The van der Waals surface area contributed by atoms with Crippen molar-refractivity contribution in [3.05, 3.63) is 35.4 Å². The van der Waals surface area contributed by atoms with Gasteiger partial charge in [-0.05, 0) is 43.1 Å². The topological polar surface area (TPSA) is 46.6 Å². The van der Waals surface area contributed by atoms with Gasteiger partial charge in [-0.3, -0.25) is 9.59 Å². The summed E-state index contributed by atoms with van der Waals surface area (Å²) in [4.78, 5) is 26.5. The number of likely N-dealkylation sites (tertiary alicyclic amines) is 1. The fraction of sp³-hybridized carbons (Fsp3) is 0.652. The Labute approximate surface area is 171 Å². The number of hydrogen-bond acceptors (Lipinski definition) is 3. The maximum Gasteiger partial charge on any atom is 0.308 e. The van der Waals surface area contributed by atoms with Crippen LogP contribution < -0.4 is 0 Å². The predicted octanol–water partition coefficient (Wildman–Crippen LogP) is 4.85. The molecule has 4 nitrogen and oxygen atoms in total. The smallest absolute Gasteiger partial charge is 0.308 e. The van der Waals surface area contributed by atoms with Crippen molar-refractivity contribution >= 4 is 11.9 Å². The summed E-state index contributed by atoms with van der Waals surface area (Å²) in [5, 5.41) is 0. The van der Waals surface area contributed by atoms with E-state index in [0.717, 1.165) is 25.3 Å². The van der Waals surface area contributed by atoms with Gasteiger partial charge < -0.3 is 9.64 Å². The van der Waals surface area contributed by atoms with Crippen LogP contribution in [0, 0.1) is 29.4 Å². The summed E-state index contributed by atoms with van der Waals surface area (Å²) in [6.07, 6.45) is 3.93. The van der Waals surface area contributed by atoms with E-state index in [1.807, 2.05) is 0 Å². The fourth-order valence-corrected chi connectivity index (χ4v) is 4.74. The third kappa shape index (κ3) is 5.14. The Balaban J connectivity index is 1.64. The zero-order chi connectivity index (χ0) is 21.1. The van der Waals surface area contributed by atoms with Crippen LogP contribution >= 0.6 is 0 Å². The van der Waals surface area contributed by atoms with Crippen molar-refractivity contribution in [2.45, 2.75) is 78.0 Å². The Morgan fingerprint density at radius 3 is 2.72 bits per heavy atom. The van der Waals surface area contributed by atoms with Crippen molar-refractivity contribution in [2.75, 3.05) is 0 Å². The summed E-state index contributed by atoms with van der Waals surface area (Å²) >= 11 is 0. The first-order valence-electron chi connectivity index (χ1n) is 10.7. The quantitative estimate of drug-likeness (QED) is 0.634. The highest BCUT2D eigenvalue weighted by Crippen LogP contribution is 2.36. The second kappa shape index (κ2) is 9.23. The van der Waals surface area contributed by atoms with Crippen molar-refractivity contribution in [1.82, 2.24) is 4.90 Å². The van der Waals surface area contributed by atoms with Crippen LogP contribution in [0.4, 0.5) is 8.78 Å². The molecule has 160 valence electrons. The predicted molar refractivity (Wildman–Crippen MR) is 106 cm³/mol. The lowest BCUT2D eigenvalue weighted by atomic mass is 9.75. The second-order valence-electron chi connectivity index (χ2n) is 8.99. The number of amides is 1. The Bertz CT molecular complexity index is 752. The van der Waals surface area contributed by atoms with E-state index >= 15 is 0 Å². The van der Waals surface area contributed by atoms with Crippen LogP contribution in [0.2, 0.25) is 0 Å². The normalized spacial score (nSPS) is 27.5. The molecule has 2 fully saturated rings. The van der Waals surface area contributed by atoms with E-state index in [0.29, 0.717) is 30.6 Å². The average Bonchev–Trinajstić information content (AvgIpc) is 2.98. The van der Waals surface area contributed by atoms with Gasteiger partial charge in [0.1, 0.15) is 6.10 Å². The monoisotopic (exact) mass is 407 g/mol. The molecule has 4 atom stereocenters. The standard InChI is InChI=1S/C23H31F2NO3/c1-14(2)18-9-7-15(3)11-20(18)29-22(28)12-17-8-10-21(27)26(17)13-16-5-4-6-19(24)23(16)25/h4-6,14-15,17-18,20H,7-13H2,1-3H3/t15-,17+,18-,20+/m1/s1. The molecule has 1 amide bonds. The van der Waals surface area contributed by atoms with Crippen LogP contribution in [0.3, 0.4) is 0 Å². The van der Waals surface area contributed by atoms with Crippen LogP contribution in [0.15, 0.2) is 18.2 Å². The minimum Gasteiger partial charge on any atom is -0.462 e. The highest BCUT2D eigenvalue weighted by Gasteiger charge is 2.36. The average molecular weight is 408 g/mol. The lowest BCUT2D eigenvalue weighted by Crippen LogP contribution is -2.38. The minimum absolute atomic E-state index is 0.0323. The number of halogens is 2. The number of benzene rings is 1. The van der Waals surface area contributed by atoms with Crippen LogP contribution in [-0.4, -0.2) is 28.9 Å². The number of ether oxygens (including phenoxy) is 1. The highest BCUT2D eigenvalue weighted by molar-refractivity contribution is 5.80. The number of rotatable bonds is 6. The van der Waals surface area contributed by atoms with Gasteiger partial charge in [0, 0.05) is 24.6 Å².